The maximum atomic E-state index is 11.6. The molecule has 22 heavy (non-hydrogen) atoms. The lowest BCUT2D eigenvalue weighted by atomic mass is 10.1. The Morgan fingerprint density at radius 2 is 1.36 bits per heavy atom. The van der Waals surface area contributed by atoms with Crippen molar-refractivity contribution in [3.63, 3.8) is 0 Å². The zero-order valence-corrected chi connectivity index (χ0v) is 12.8. The Morgan fingerprint density at radius 1 is 0.818 bits per heavy atom. The molecule has 0 aliphatic heterocycles. The molecule has 8 heteroatoms. The molecule has 0 radical (unpaired) electrons. The minimum absolute atomic E-state index is 0.0542. The Labute approximate surface area is 128 Å². The highest BCUT2D eigenvalue weighted by atomic mass is 32.2. The second-order valence-corrected chi connectivity index (χ2v) is 7.14. The second-order valence-electron chi connectivity index (χ2n) is 4.36. The molecule has 0 bridgehead atoms. The van der Waals surface area contributed by atoms with E-state index in [-0.39, 0.29) is 11.1 Å². The van der Waals surface area contributed by atoms with Gasteiger partial charge in [0.25, 0.3) is 20.2 Å². The summed E-state index contributed by atoms with van der Waals surface area (Å²) in [6, 6.07) is 13.0. The van der Waals surface area contributed by atoms with Gasteiger partial charge in [0.15, 0.2) is 0 Å². The van der Waals surface area contributed by atoms with Crippen LogP contribution in [0.25, 0.3) is 11.0 Å². The van der Waals surface area contributed by atoms with E-state index >= 15 is 0 Å². The Morgan fingerprint density at radius 3 is 1.91 bits per heavy atom. The summed E-state index contributed by atoms with van der Waals surface area (Å²) in [4.78, 5) is -0.920. The van der Waals surface area contributed by atoms with Crippen LogP contribution in [-0.2, 0) is 20.2 Å². The zero-order chi connectivity index (χ0) is 16.4. The van der Waals surface area contributed by atoms with E-state index in [4.69, 9.17) is 0 Å². The van der Waals surface area contributed by atoms with E-state index in [1.807, 2.05) is 0 Å². The molecule has 0 heterocycles. The molecule has 0 fully saturated rings. The summed E-state index contributed by atoms with van der Waals surface area (Å²) in [5.74, 6) is 0. The molecule has 0 atom stereocenters. The molecular weight excluding hydrogens is 328 g/mol. The molecule has 0 unspecified atom stereocenters. The first-order valence-electron chi connectivity index (χ1n) is 6.01. The van der Waals surface area contributed by atoms with Crippen LogP contribution in [0.1, 0.15) is 11.1 Å². The highest BCUT2D eigenvalue weighted by Gasteiger charge is 2.19. The van der Waals surface area contributed by atoms with Gasteiger partial charge in [-0.3, -0.25) is 9.11 Å². The fourth-order valence-corrected chi connectivity index (χ4v) is 3.27. The van der Waals surface area contributed by atoms with E-state index in [0.717, 1.165) is 12.1 Å². The molecule has 6 nitrogen and oxygen atoms in total. The molecule has 0 amide bonds. The van der Waals surface area contributed by atoms with Crippen molar-refractivity contribution in [2.45, 2.75) is 4.90 Å². The van der Waals surface area contributed by atoms with Crippen LogP contribution in [0, 0.1) is 0 Å². The van der Waals surface area contributed by atoms with Crippen molar-refractivity contribution in [2.24, 2.45) is 0 Å². The van der Waals surface area contributed by atoms with Crippen molar-refractivity contribution in [3.05, 3.63) is 65.7 Å². The third-order valence-corrected chi connectivity index (χ3v) is 4.66. The van der Waals surface area contributed by atoms with Crippen LogP contribution >= 0.6 is 0 Å². The van der Waals surface area contributed by atoms with E-state index in [1.54, 1.807) is 18.2 Å². The average molecular weight is 340 g/mol. The Kier molecular flexibility index (Phi) is 4.47. The SMILES string of the molecule is O=S(=O)(O)/C(=C\c1ccccc1S(=O)(=O)O)c1ccccc1. The van der Waals surface area contributed by atoms with Crippen LogP contribution in [-0.4, -0.2) is 25.9 Å². The molecule has 116 valence electrons. The maximum Gasteiger partial charge on any atom is 0.295 e. The summed E-state index contributed by atoms with van der Waals surface area (Å²) in [5, 5.41) is 0. The largest absolute Gasteiger partial charge is 0.295 e. The van der Waals surface area contributed by atoms with E-state index in [2.05, 4.69) is 0 Å². The fraction of sp³-hybridized carbons (Fsp3) is 0. The first kappa shape index (κ1) is 16.4. The molecule has 2 aromatic carbocycles. The van der Waals surface area contributed by atoms with Gasteiger partial charge in [-0.2, -0.15) is 16.8 Å². The number of benzene rings is 2. The van der Waals surface area contributed by atoms with Gasteiger partial charge in [0.2, 0.25) is 0 Å². The predicted octanol–water partition coefficient (Wildman–Crippen LogP) is 2.32. The highest BCUT2D eigenvalue weighted by molar-refractivity contribution is 7.95. The van der Waals surface area contributed by atoms with Crippen LogP contribution in [0.15, 0.2) is 59.5 Å². The Bertz CT molecular complexity index is 913. The van der Waals surface area contributed by atoms with Crippen molar-refractivity contribution in [1.29, 1.82) is 0 Å². The summed E-state index contributed by atoms with van der Waals surface area (Å²) in [6.07, 6.45) is 0.994. The van der Waals surface area contributed by atoms with Gasteiger partial charge in [0, 0.05) is 0 Å². The average Bonchev–Trinajstić information content (AvgIpc) is 2.44. The topological polar surface area (TPSA) is 109 Å². The predicted molar refractivity (Wildman–Crippen MR) is 82.1 cm³/mol. The van der Waals surface area contributed by atoms with Crippen LogP contribution in [0.4, 0.5) is 0 Å². The smallest absolute Gasteiger partial charge is 0.282 e. The van der Waals surface area contributed by atoms with Gasteiger partial charge in [-0.1, -0.05) is 48.5 Å². The minimum atomic E-state index is -4.59. The summed E-state index contributed by atoms with van der Waals surface area (Å²) < 4.78 is 64.4. The third-order valence-electron chi connectivity index (χ3n) is 2.82. The van der Waals surface area contributed by atoms with Gasteiger partial charge < -0.3 is 0 Å². The minimum Gasteiger partial charge on any atom is -0.282 e. The Hall–Kier alpha value is -2.00. The molecule has 2 aromatic rings. The van der Waals surface area contributed by atoms with Gasteiger partial charge in [-0.15, -0.1) is 0 Å². The van der Waals surface area contributed by atoms with Crippen molar-refractivity contribution < 1.29 is 25.9 Å². The first-order valence-corrected chi connectivity index (χ1v) is 8.89. The second kappa shape index (κ2) is 6.01. The quantitative estimate of drug-likeness (QED) is 0.653. The van der Waals surface area contributed by atoms with Gasteiger partial charge in [-0.05, 0) is 23.3 Å². The number of rotatable bonds is 4. The lowest BCUT2D eigenvalue weighted by Crippen LogP contribution is -2.04. The molecule has 2 N–H and O–H groups in total. The number of hydrogen-bond acceptors (Lipinski definition) is 4. The Balaban J connectivity index is 2.73. The standard InChI is InChI=1S/C14H12O6S2/c15-21(16,17)13-9-5-4-8-12(13)10-14(22(18,19)20)11-6-2-1-3-7-11/h1-10H,(H,15,16,17)(H,18,19,20)/b14-10-. The monoisotopic (exact) mass is 340 g/mol. The molecule has 2 rings (SSSR count). The molecule has 0 aliphatic carbocycles. The van der Waals surface area contributed by atoms with E-state index < -0.39 is 30.0 Å². The van der Waals surface area contributed by atoms with Crippen molar-refractivity contribution in [2.75, 3.05) is 0 Å². The molecule has 0 aliphatic rings. The summed E-state index contributed by atoms with van der Waals surface area (Å²) in [7, 11) is -9.12. The fourth-order valence-electron chi connectivity index (χ4n) is 1.89. The van der Waals surface area contributed by atoms with Gasteiger partial charge >= 0.3 is 0 Å². The van der Waals surface area contributed by atoms with Crippen LogP contribution < -0.4 is 0 Å². The highest BCUT2D eigenvalue weighted by Crippen LogP contribution is 2.26. The van der Waals surface area contributed by atoms with Gasteiger partial charge in [-0.25, -0.2) is 0 Å². The lowest BCUT2D eigenvalue weighted by Gasteiger charge is -2.07. The van der Waals surface area contributed by atoms with E-state index in [0.29, 0.717) is 0 Å². The molecule has 0 saturated heterocycles. The van der Waals surface area contributed by atoms with Crippen molar-refractivity contribution >= 4 is 31.2 Å². The summed E-state index contributed by atoms with van der Waals surface area (Å²) >= 11 is 0. The summed E-state index contributed by atoms with van der Waals surface area (Å²) in [5.41, 5.74) is 0.136. The normalized spacial score (nSPS) is 13.1. The molecule has 0 spiro atoms. The van der Waals surface area contributed by atoms with Crippen molar-refractivity contribution in [1.82, 2.24) is 0 Å². The molecular formula is C14H12O6S2. The van der Waals surface area contributed by atoms with Crippen LogP contribution in [0.5, 0.6) is 0 Å². The molecule has 0 aromatic heterocycles. The van der Waals surface area contributed by atoms with E-state index in [9.17, 15) is 25.9 Å². The maximum absolute atomic E-state index is 11.6. The number of hydrogen-bond donors (Lipinski definition) is 2. The first-order chi connectivity index (χ1) is 10.2. The van der Waals surface area contributed by atoms with Crippen LogP contribution in [0.2, 0.25) is 0 Å². The van der Waals surface area contributed by atoms with E-state index in [1.165, 1.54) is 30.3 Å². The summed E-state index contributed by atoms with van der Waals surface area (Å²) in [6.45, 7) is 0. The van der Waals surface area contributed by atoms with Crippen LogP contribution in [0.3, 0.4) is 0 Å². The lowest BCUT2D eigenvalue weighted by molar-refractivity contribution is 0.482. The van der Waals surface area contributed by atoms with Crippen molar-refractivity contribution in [3.8, 4) is 0 Å². The third kappa shape index (κ3) is 3.80. The zero-order valence-electron chi connectivity index (χ0n) is 11.1. The molecule has 0 saturated carbocycles. The van der Waals surface area contributed by atoms with Gasteiger partial charge in [0.1, 0.15) is 9.80 Å². The van der Waals surface area contributed by atoms with Gasteiger partial charge in [0.05, 0.1) is 0 Å².